The first-order valence-corrected chi connectivity index (χ1v) is 11.1. The van der Waals surface area contributed by atoms with Crippen LogP contribution in [0, 0.1) is 0 Å². The third kappa shape index (κ3) is 4.72. The van der Waals surface area contributed by atoms with Crippen LogP contribution in [0.2, 0.25) is 0 Å². The van der Waals surface area contributed by atoms with Crippen LogP contribution in [0.3, 0.4) is 0 Å². The van der Waals surface area contributed by atoms with Gasteiger partial charge in [-0.2, -0.15) is 0 Å². The molecule has 0 radical (unpaired) electrons. The first kappa shape index (κ1) is 20.8. The van der Waals surface area contributed by atoms with Crippen LogP contribution < -0.4 is 10.1 Å². The minimum atomic E-state index is -0.143. The zero-order valence-corrected chi connectivity index (χ0v) is 18.3. The number of carbonyl (C=O) groups excluding carboxylic acids is 1. The molecule has 4 aromatic carbocycles. The van der Waals surface area contributed by atoms with Gasteiger partial charge in [-0.1, -0.05) is 72.8 Å². The molecule has 0 saturated heterocycles. The number of hydrogen-bond donors (Lipinski definition) is 1. The summed E-state index contributed by atoms with van der Waals surface area (Å²) in [7, 11) is 0. The Kier molecular flexibility index (Phi) is 6.02. The molecule has 1 N–H and O–H groups in total. The van der Waals surface area contributed by atoms with E-state index in [0.29, 0.717) is 18.7 Å². The third-order valence-corrected chi connectivity index (χ3v) is 5.73. The number of benzene rings is 4. The highest BCUT2D eigenvalue weighted by Crippen LogP contribution is 2.23. The first-order valence-electron chi connectivity index (χ1n) is 11.1. The third-order valence-electron chi connectivity index (χ3n) is 5.73. The lowest BCUT2D eigenvalue weighted by Gasteiger charge is -2.12. The van der Waals surface area contributed by atoms with Crippen molar-refractivity contribution in [3.63, 3.8) is 0 Å². The summed E-state index contributed by atoms with van der Waals surface area (Å²) in [6, 6.07) is 32.4. The lowest BCUT2D eigenvalue weighted by Crippen LogP contribution is -2.31. The van der Waals surface area contributed by atoms with Gasteiger partial charge in [0.1, 0.15) is 11.6 Å². The number of carbonyl (C=O) groups is 1. The second-order valence-electron chi connectivity index (χ2n) is 7.94. The number of hydrogen-bond acceptors (Lipinski definition) is 3. The topological polar surface area (TPSA) is 56.1 Å². The lowest BCUT2D eigenvalue weighted by molar-refractivity contribution is -0.123. The summed E-state index contributed by atoms with van der Waals surface area (Å²) in [6.45, 7) is 1.22. The molecule has 0 aliphatic rings. The van der Waals surface area contributed by atoms with Gasteiger partial charge in [-0.15, -0.1) is 0 Å². The summed E-state index contributed by atoms with van der Waals surface area (Å²) in [5.41, 5.74) is 3.31. The number of para-hydroxylation sites is 3. The second kappa shape index (κ2) is 9.57. The van der Waals surface area contributed by atoms with Gasteiger partial charge in [0, 0.05) is 19.5 Å². The van der Waals surface area contributed by atoms with Crippen molar-refractivity contribution in [2.75, 3.05) is 13.2 Å². The van der Waals surface area contributed by atoms with Crippen LogP contribution in [0.25, 0.3) is 21.8 Å². The van der Waals surface area contributed by atoms with Crippen LogP contribution in [-0.2, 0) is 17.8 Å². The predicted octanol–water partition coefficient (Wildman–Crippen LogP) is 4.98. The Balaban J connectivity index is 1.31. The largest absolute Gasteiger partial charge is 0.484 e. The van der Waals surface area contributed by atoms with Gasteiger partial charge < -0.3 is 14.6 Å². The molecule has 0 aliphatic carbocycles. The second-order valence-corrected chi connectivity index (χ2v) is 7.94. The number of imidazole rings is 1. The van der Waals surface area contributed by atoms with E-state index in [2.05, 4.69) is 58.4 Å². The van der Waals surface area contributed by atoms with Crippen molar-refractivity contribution in [1.82, 2.24) is 14.9 Å². The maximum Gasteiger partial charge on any atom is 0.257 e. The van der Waals surface area contributed by atoms with Crippen molar-refractivity contribution in [2.24, 2.45) is 0 Å². The Morgan fingerprint density at radius 1 is 0.848 bits per heavy atom. The molecule has 164 valence electrons. The first-order chi connectivity index (χ1) is 16.3. The molecule has 1 heterocycles. The SMILES string of the molecule is O=C(COc1ccccc1)NCCc1nc2ccccc2n1Cc1cccc2ccccc12. The standard InChI is InChI=1S/C28H25N3O2/c32-28(20-33-23-12-2-1-3-13-23)29-18-17-27-30-25-15-6-7-16-26(25)31(27)19-22-11-8-10-21-9-4-5-14-24(21)22/h1-16H,17-20H2,(H,29,32). The van der Waals surface area contributed by atoms with Gasteiger partial charge >= 0.3 is 0 Å². The van der Waals surface area contributed by atoms with E-state index in [1.807, 2.05) is 48.5 Å². The molecule has 0 bridgehead atoms. The van der Waals surface area contributed by atoms with Crippen LogP contribution in [-0.4, -0.2) is 28.6 Å². The summed E-state index contributed by atoms with van der Waals surface area (Å²) < 4.78 is 7.78. The van der Waals surface area contributed by atoms with E-state index < -0.39 is 0 Å². The quantitative estimate of drug-likeness (QED) is 0.374. The maximum atomic E-state index is 12.2. The summed E-state index contributed by atoms with van der Waals surface area (Å²) in [5, 5.41) is 5.42. The normalized spacial score (nSPS) is 11.0. The minimum absolute atomic E-state index is 0.00354. The van der Waals surface area contributed by atoms with Crippen LogP contribution in [0.5, 0.6) is 5.75 Å². The highest BCUT2D eigenvalue weighted by molar-refractivity contribution is 5.86. The van der Waals surface area contributed by atoms with Gasteiger partial charge in [-0.25, -0.2) is 4.98 Å². The molecule has 0 aliphatic heterocycles. The predicted molar refractivity (Wildman–Crippen MR) is 131 cm³/mol. The lowest BCUT2D eigenvalue weighted by atomic mass is 10.0. The fourth-order valence-electron chi connectivity index (χ4n) is 4.12. The molecule has 33 heavy (non-hydrogen) atoms. The zero-order chi connectivity index (χ0) is 22.5. The van der Waals surface area contributed by atoms with Crippen molar-refractivity contribution in [1.29, 1.82) is 0 Å². The molecule has 0 spiro atoms. The van der Waals surface area contributed by atoms with E-state index in [-0.39, 0.29) is 12.5 Å². The molecule has 5 heteroatoms. The smallest absolute Gasteiger partial charge is 0.257 e. The van der Waals surface area contributed by atoms with Crippen LogP contribution in [0.4, 0.5) is 0 Å². The van der Waals surface area contributed by atoms with Gasteiger partial charge in [0.2, 0.25) is 0 Å². The molecule has 0 unspecified atom stereocenters. The summed E-state index contributed by atoms with van der Waals surface area (Å²) in [4.78, 5) is 17.1. The Labute approximate surface area is 192 Å². The van der Waals surface area contributed by atoms with E-state index >= 15 is 0 Å². The minimum Gasteiger partial charge on any atom is -0.484 e. The van der Waals surface area contributed by atoms with Crippen molar-refractivity contribution in [2.45, 2.75) is 13.0 Å². The summed E-state index contributed by atoms with van der Waals surface area (Å²) in [5.74, 6) is 1.49. The molecule has 1 amide bonds. The van der Waals surface area contributed by atoms with Crippen LogP contribution >= 0.6 is 0 Å². The number of amides is 1. The Morgan fingerprint density at radius 3 is 2.52 bits per heavy atom. The highest BCUT2D eigenvalue weighted by Gasteiger charge is 2.13. The van der Waals surface area contributed by atoms with E-state index in [1.54, 1.807) is 0 Å². The van der Waals surface area contributed by atoms with E-state index in [0.717, 1.165) is 23.4 Å². The number of ether oxygens (including phenoxy) is 1. The van der Waals surface area contributed by atoms with Crippen LogP contribution in [0.1, 0.15) is 11.4 Å². The Morgan fingerprint density at radius 2 is 1.61 bits per heavy atom. The molecule has 5 aromatic rings. The fraction of sp³-hybridized carbons (Fsp3) is 0.143. The Hall–Kier alpha value is -4.12. The molecule has 0 saturated carbocycles. The van der Waals surface area contributed by atoms with Crippen LogP contribution in [0.15, 0.2) is 97.1 Å². The molecule has 5 rings (SSSR count). The van der Waals surface area contributed by atoms with Crippen molar-refractivity contribution in [3.8, 4) is 5.75 Å². The highest BCUT2D eigenvalue weighted by atomic mass is 16.5. The maximum absolute atomic E-state index is 12.2. The van der Waals surface area contributed by atoms with Crippen molar-refractivity contribution >= 4 is 27.7 Å². The number of fused-ring (bicyclic) bond motifs is 2. The average molecular weight is 436 g/mol. The van der Waals surface area contributed by atoms with E-state index in [4.69, 9.17) is 9.72 Å². The monoisotopic (exact) mass is 435 g/mol. The molecule has 1 aromatic heterocycles. The molecular weight excluding hydrogens is 410 g/mol. The molecule has 5 nitrogen and oxygen atoms in total. The van der Waals surface area contributed by atoms with Crippen molar-refractivity contribution < 1.29 is 9.53 Å². The Bertz CT molecular complexity index is 1390. The van der Waals surface area contributed by atoms with Gasteiger partial charge in [-0.3, -0.25) is 4.79 Å². The zero-order valence-electron chi connectivity index (χ0n) is 18.3. The summed E-state index contributed by atoms with van der Waals surface area (Å²) >= 11 is 0. The van der Waals surface area contributed by atoms with Crippen molar-refractivity contribution in [3.05, 3.63) is 108 Å². The molecule has 0 atom stereocenters. The number of rotatable bonds is 8. The van der Waals surface area contributed by atoms with E-state index in [1.165, 1.54) is 16.3 Å². The number of aromatic nitrogens is 2. The number of nitrogens with one attached hydrogen (secondary N) is 1. The molecular formula is C28H25N3O2. The summed E-state index contributed by atoms with van der Waals surface area (Å²) in [6.07, 6.45) is 0.635. The molecule has 0 fully saturated rings. The van der Waals surface area contributed by atoms with Gasteiger partial charge in [0.25, 0.3) is 5.91 Å². The van der Waals surface area contributed by atoms with Gasteiger partial charge in [0.15, 0.2) is 6.61 Å². The fourth-order valence-corrected chi connectivity index (χ4v) is 4.12. The average Bonchev–Trinajstić information content (AvgIpc) is 3.21. The number of nitrogens with zero attached hydrogens (tertiary/aromatic N) is 2. The van der Waals surface area contributed by atoms with Gasteiger partial charge in [-0.05, 0) is 40.6 Å². The van der Waals surface area contributed by atoms with Gasteiger partial charge in [0.05, 0.1) is 11.0 Å². The van der Waals surface area contributed by atoms with E-state index in [9.17, 15) is 4.79 Å².